The van der Waals surface area contributed by atoms with E-state index >= 15 is 0 Å². The minimum atomic E-state index is 0.243. The molecule has 2 aromatic carbocycles. The molecule has 24 heavy (non-hydrogen) atoms. The van der Waals surface area contributed by atoms with Gasteiger partial charge in [0.1, 0.15) is 5.75 Å². The summed E-state index contributed by atoms with van der Waals surface area (Å²) >= 11 is 0. The highest BCUT2D eigenvalue weighted by molar-refractivity contribution is 5.42. The van der Waals surface area contributed by atoms with Gasteiger partial charge in [-0.15, -0.1) is 0 Å². The summed E-state index contributed by atoms with van der Waals surface area (Å²) < 4.78 is 5.67. The smallest absolute Gasteiger partial charge is 0.123 e. The molecule has 128 valence electrons. The molecule has 1 atom stereocenters. The van der Waals surface area contributed by atoms with E-state index in [9.17, 15) is 0 Å². The predicted molar refractivity (Wildman–Crippen MR) is 99.7 cm³/mol. The van der Waals surface area contributed by atoms with Gasteiger partial charge < -0.3 is 10.1 Å². The van der Waals surface area contributed by atoms with Gasteiger partial charge in [-0.3, -0.25) is 4.90 Å². The number of hydrogen-bond acceptors (Lipinski definition) is 3. The van der Waals surface area contributed by atoms with Crippen molar-refractivity contribution in [2.75, 3.05) is 33.3 Å². The summed E-state index contributed by atoms with van der Waals surface area (Å²) in [5, 5.41) is 3.51. The Hall–Kier alpha value is -1.84. The summed E-state index contributed by atoms with van der Waals surface area (Å²) in [6.07, 6.45) is 2.26. The zero-order valence-electron chi connectivity index (χ0n) is 14.8. The third kappa shape index (κ3) is 3.80. The second-order valence-electron chi connectivity index (χ2n) is 6.38. The Bertz CT molecular complexity index is 631. The van der Waals surface area contributed by atoms with Crippen molar-refractivity contribution in [2.45, 2.75) is 25.8 Å². The van der Waals surface area contributed by atoms with Crippen LogP contribution in [0.1, 0.15) is 36.1 Å². The van der Waals surface area contributed by atoms with Crippen LogP contribution in [-0.2, 0) is 6.42 Å². The summed E-state index contributed by atoms with van der Waals surface area (Å²) in [5.74, 6) is 0.972. The van der Waals surface area contributed by atoms with E-state index in [1.807, 2.05) is 6.07 Å². The van der Waals surface area contributed by atoms with Crippen molar-refractivity contribution in [2.24, 2.45) is 0 Å². The third-order valence-corrected chi connectivity index (χ3v) is 4.88. The Morgan fingerprint density at radius 2 is 1.83 bits per heavy atom. The first-order valence-electron chi connectivity index (χ1n) is 9.00. The second kappa shape index (κ2) is 8.32. The quantitative estimate of drug-likeness (QED) is 0.909. The first-order valence-corrected chi connectivity index (χ1v) is 9.00. The number of benzene rings is 2. The molecular weight excluding hydrogens is 296 g/mol. The second-order valence-corrected chi connectivity index (χ2v) is 6.38. The molecular formula is C21H28N2O. The van der Waals surface area contributed by atoms with Crippen LogP contribution in [0.3, 0.4) is 0 Å². The van der Waals surface area contributed by atoms with Crippen LogP contribution in [0.2, 0.25) is 0 Å². The van der Waals surface area contributed by atoms with Crippen LogP contribution < -0.4 is 10.1 Å². The number of nitrogens with zero attached hydrogens (tertiary/aromatic N) is 1. The van der Waals surface area contributed by atoms with Crippen molar-refractivity contribution in [3.05, 3.63) is 65.2 Å². The van der Waals surface area contributed by atoms with E-state index in [2.05, 4.69) is 59.6 Å². The van der Waals surface area contributed by atoms with Gasteiger partial charge in [0.25, 0.3) is 0 Å². The molecule has 3 heteroatoms. The maximum absolute atomic E-state index is 5.67. The molecule has 2 aromatic rings. The van der Waals surface area contributed by atoms with Crippen molar-refractivity contribution < 1.29 is 4.74 Å². The molecule has 0 saturated carbocycles. The Morgan fingerprint density at radius 1 is 1.04 bits per heavy atom. The summed E-state index contributed by atoms with van der Waals surface area (Å²) in [5.41, 5.74) is 3.99. The van der Waals surface area contributed by atoms with Gasteiger partial charge in [0, 0.05) is 25.2 Å². The number of para-hydroxylation sites is 1. The molecule has 1 heterocycles. The molecule has 0 spiro atoms. The number of rotatable bonds is 5. The summed E-state index contributed by atoms with van der Waals surface area (Å²) in [6, 6.07) is 17.8. The van der Waals surface area contributed by atoms with Crippen LogP contribution in [0, 0.1) is 0 Å². The molecule has 1 fully saturated rings. The highest BCUT2D eigenvalue weighted by atomic mass is 16.5. The van der Waals surface area contributed by atoms with Gasteiger partial charge >= 0.3 is 0 Å². The van der Waals surface area contributed by atoms with E-state index in [1.165, 1.54) is 23.1 Å². The number of aryl methyl sites for hydroxylation is 1. The van der Waals surface area contributed by atoms with Crippen molar-refractivity contribution in [3.8, 4) is 5.75 Å². The average molecular weight is 324 g/mol. The van der Waals surface area contributed by atoms with Crippen molar-refractivity contribution in [1.29, 1.82) is 0 Å². The van der Waals surface area contributed by atoms with Crippen LogP contribution >= 0.6 is 0 Å². The van der Waals surface area contributed by atoms with E-state index < -0.39 is 0 Å². The fourth-order valence-corrected chi connectivity index (χ4v) is 3.54. The van der Waals surface area contributed by atoms with E-state index in [0.717, 1.165) is 38.3 Å². The normalized spacial score (nSPS) is 17.2. The lowest BCUT2D eigenvalue weighted by molar-refractivity contribution is 0.236. The van der Waals surface area contributed by atoms with Crippen LogP contribution in [0.15, 0.2) is 48.5 Å². The lowest BCUT2D eigenvalue weighted by Crippen LogP contribution is -2.33. The van der Waals surface area contributed by atoms with Gasteiger partial charge in [-0.05, 0) is 36.6 Å². The number of methoxy groups -OCH3 is 1. The predicted octanol–water partition coefficient (Wildman–Crippen LogP) is 3.64. The first kappa shape index (κ1) is 17.0. The summed E-state index contributed by atoms with van der Waals surface area (Å²) in [7, 11) is 1.76. The molecule has 1 aliphatic heterocycles. The van der Waals surface area contributed by atoms with E-state index in [1.54, 1.807) is 7.11 Å². The summed E-state index contributed by atoms with van der Waals surface area (Å²) in [4.78, 5) is 2.58. The maximum atomic E-state index is 5.67. The van der Waals surface area contributed by atoms with Gasteiger partial charge in [-0.2, -0.15) is 0 Å². The number of nitrogens with one attached hydrogen (secondary N) is 1. The van der Waals surface area contributed by atoms with Crippen molar-refractivity contribution in [3.63, 3.8) is 0 Å². The van der Waals surface area contributed by atoms with Gasteiger partial charge in [0.05, 0.1) is 13.2 Å². The molecule has 0 aromatic heterocycles. The number of ether oxygens (including phenoxy) is 1. The van der Waals surface area contributed by atoms with Crippen molar-refractivity contribution >= 4 is 0 Å². The van der Waals surface area contributed by atoms with Crippen molar-refractivity contribution in [1.82, 2.24) is 10.2 Å². The van der Waals surface area contributed by atoms with Gasteiger partial charge in [0.15, 0.2) is 0 Å². The van der Waals surface area contributed by atoms with E-state index in [4.69, 9.17) is 4.74 Å². The molecule has 1 N–H and O–H groups in total. The van der Waals surface area contributed by atoms with Crippen LogP contribution in [0.5, 0.6) is 5.75 Å². The molecule has 0 aliphatic carbocycles. The zero-order chi connectivity index (χ0) is 16.8. The zero-order valence-corrected chi connectivity index (χ0v) is 14.8. The standard InChI is InChI=1S/C21H28N2O/c1-3-17-9-11-18(12-10-17)21(23-15-6-13-22-14-16-23)19-7-4-5-8-20(19)24-2/h4-5,7-12,21-22H,3,6,13-16H2,1-2H3. The maximum Gasteiger partial charge on any atom is 0.123 e. The Morgan fingerprint density at radius 3 is 2.58 bits per heavy atom. The molecule has 0 radical (unpaired) electrons. The van der Waals surface area contributed by atoms with Gasteiger partial charge in [-0.25, -0.2) is 0 Å². The monoisotopic (exact) mass is 324 g/mol. The lowest BCUT2D eigenvalue weighted by atomic mass is 9.94. The fraction of sp³-hybridized carbons (Fsp3) is 0.429. The topological polar surface area (TPSA) is 24.5 Å². The van der Waals surface area contributed by atoms with E-state index in [0.29, 0.717) is 0 Å². The summed E-state index contributed by atoms with van der Waals surface area (Å²) in [6.45, 7) is 6.50. The molecule has 0 amide bonds. The fourth-order valence-electron chi connectivity index (χ4n) is 3.54. The highest BCUT2D eigenvalue weighted by Crippen LogP contribution is 2.35. The minimum absolute atomic E-state index is 0.243. The Labute approximate surface area is 145 Å². The van der Waals surface area contributed by atoms with Crippen LogP contribution in [-0.4, -0.2) is 38.2 Å². The van der Waals surface area contributed by atoms with Gasteiger partial charge in [0.2, 0.25) is 0 Å². The highest BCUT2D eigenvalue weighted by Gasteiger charge is 2.25. The third-order valence-electron chi connectivity index (χ3n) is 4.88. The molecule has 1 aliphatic rings. The Kier molecular flexibility index (Phi) is 5.89. The Balaban J connectivity index is 2.01. The molecule has 3 rings (SSSR count). The number of hydrogen-bond donors (Lipinski definition) is 1. The first-order chi connectivity index (χ1) is 11.8. The molecule has 0 bridgehead atoms. The molecule has 1 saturated heterocycles. The lowest BCUT2D eigenvalue weighted by Gasteiger charge is -2.32. The largest absolute Gasteiger partial charge is 0.496 e. The van der Waals surface area contributed by atoms with Gasteiger partial charge in [-0.1, -0.05) is 49.4 Å². The molecule has 3 nitrogen and oxygen atoms in total. The van der Waals surface area contributed by atoms with Crippen LogP contribution in [0.25, 0.3) is 0 Å². The average Bonchev–Trinajstić information content (AvgIpc) is 2.92. The molecule has 1 unspecified atom stereocenters. The van der Waals surface area contributed by atoms with E-state index in [-0.39, 0.29) is 6.04 Å². The SMILES string of the molecule is CCc1ccc(C(c2ccccc2OC)N2CCCNCC2)cc1. The minimum Gasteiger partial charge on any atom is -0.496 e. The van der Waals surface area contributed by atoms with Crippen LogP contribution in [0.4, 0.5) is 0 Å².